The predicted octanol–water partition coefficient (Wildman–Crippen LogP) is 7.80. The monoisotopic (exact) mass is 641 g/mol. The average molecular weight is 642 g/mol. The fraction of sp³-hybridized carbons (Fsp3) is 0.576. The van der Waals surface area contributed by atoms with Crippen molar-refractivity contribution < 1.29 is 27.9 Å². The molecule has 1 saturated carbocycles. The van der Waals surface area contributed by atoms with E-state index >= 15 is 4.39 Å². The van der Waals surface area contributed by atoms with Gasteiger partial charge in [0, 0.05) is 6.04 Å². The number of halogens is 1. The Hall–Kier alpha value is -3.51. The van der Waals surface area contributed by atoms with Gasteiger partial charge in [0.05, 0.1) is 52.5 Å². The van der Waals surface area contributed by atoms with Crippen LogP contribution in [-0.2, 0) is 13.9 Å². The Balaban J connectivity index is 1.90. The first-order valence-electron chi connectivity index (χ1n) is 15.6. The molecule has 0 unspecified atom stereocenters. The number of hydrogen-bond acceptors (Lipinski definition) is 8. The second-order valence-electron chi connectivity index (χ2n) is 14.3. The highest BCUT2D eigenvalue weighted by atomic mass is 28.4. The maximum Gasteiger partial charge on any atom is 0.408 e. The van der Waals surface area contributed by atoms with E-state index < -0.39 is 43.9 Å². The van der Waals surface area contributed by atoms with Crippen LogP contribution in [0.15, 0.2) is 18.2 Å². The number of aromatic nitrogens is 3. The van der Waals surface area contributed by atoms with Gasteiger partial charge in [-0.3, -0.25) is 0 Å². The Labute approximate surface area is 266 Å². The number of carbonyl (C=O) groups excluding carboxylic acids is 2. The number of aryl methyl sites for hydroxylation is 1. The number of aromatic amines is 1. The zero-order chi connectivity index (χ0) is 33.5. The summed E-state index contributed by atoms with van der Waals surface area (Å²) >= 11 is 0. The second kappa shape index (κ2) is 12.7. The largest absolute Gasteiger partial charge is 0.462 e. The van der Waals surface area contributed by atoms with Crippen LogP contribution >= 0.6 is 0 Å². The lowest BCUT2D eigenvalue weighted by Gasteiger charge is -2.40. The van der Waals surface area contributed by atoms with Gasteiger partial charge < -0.3 is 29.5 Å². The predicted molar refractivity (Wildman–Crippen MR) is 176 cm³/mol. The topological polar surface area (TPSA) is 127 Å². The Morgan fingerprint density at radius 1 is 1.13 bits per heavy atom. The van der Waals surface area contributed by atoms with Crippen molar-refractivity contribution in [2.45, 2.75) is 117 Å². The molecule has 1 fully saturated rings. The smallest absolute Gasteiger partial charge is 0.408 e. The Morgan fingerprint density at radius 2 is 1.80 bits per heavy atom. The second-order valence-corrected chi connectivity index (χ2v) is 19.1. The van der Waals surface area contributed by atoms with E-state index in [4.69, 9.17) is 23.9 Å². The van der Waals surface area contributed by atoms with E-state index in [1.165, 1.54) is 6.07 Å². The van der Waals surface area contributed by atoms with Crippen LogP contribution in [0.2, 0.25) is 18.1 Å². The van der Waals surface area contributed by atoms with E-state index in [2.05, 4.69) is 49.5 Å². The van der Waals surface area contributed by atoms with Crippen LogP contribution in [-0.4, -0.2) is 59.7 Å². The molecule has 10 nitrogen and oxygen atoms in total. The molecular weight excluding hydrogens is 593 g/mol. The molecule has 1 amide bonds. The number of anilines is 1. The van der Waals surface area contributed by atoms with Crippen LogP contribution in [0.5, 0.6) is 0 Å². The van der Waals surface area contributed by atoms with Gasteiger partial charge in [0.2, 0.25) is 0 Å². The molecule has 2 atom stereocenters. The summed E-state index contributed by atoms with van der Waals surface area (Å²) in [6.45, 7) is 21.4. The lowest BCUT2D eigenvalue weighted by molar-refractivity contribution is 0.0430. The number of rotatable bonds is 10. The maximum atomic E-state index is 15.8. The van der Waals surface area contributed by atoms with Crippen molar-refractivity contribution in [2.24, 2.45) is 0 Å². The third kappa shape index (κ3) is 8.02. The zero-order valence-electron chi connectivity index (χ0n) is 28.4. The highest BCUT2D eigenvalue weighted by molar-refractivity contribution is 6.74. The molecule has 2 heterocycles. The van der Waals surface area contributed by atoms with Crippen LogP contribution in [0.1, 0.15) is 96.0 Å². The van der Waals surface area contributed by atoms with Gasteiger partial charge in [-0.1, -0.05) is 20.8 Å². The molecule has 0 saturated heterocycles. The van der Waals surface area contributed by atoms with Crippen LogP contribution in [0.3, 0.4) is 0 Å². The first-order valence-corrected chi connectivity index (χ1v) is 18.5. The van der Waals surface area contributed by atoms with Gasteiger partial charge in [-0.15, -0.1) is 0 Å². The molecular formula is C33H48FN5O5Si. The summed E-state index contributed by atoms with van der Waals surface area (Å²) in [5.74, 6) is -0.567. The number of amides is 1. The standard InChI is InChI=1S/C33H48FN5O5Si/c1-12-42-30(40)21-17-24(25-22(34)15-16-23-28(25)38-29(18(2)35-23)36-20-13-14-20)37-27(21)26(39-31(41)43-32(4,5)6)19(3)44-45(10,11)33(7,8)9/h15-17,19-20,26,37H,12-14H2,1-11H3,(H,36,38)(H,39,41)/t19-,26+/m1/s1. The minimum Gasteiger partial charge on any atom is -0.462 e. The number of esters is 1. The third-order valence-corrected chi connectivity index (χ3v) is 12.8. The van der Waals surface area contributed by atoms with Crippen molar-refractivity contribution in [1.82, 2.24) is 20.3 Å². The third-order valence-electron chi connectivity index (χ3n) is 8.23. The van der Waals surface area contributed by atoms with Crippen LogP contribution < -0.4 is 10.6 Å². The lowest BCUT2D eigenvalue weighted by atomic mass is 10.0. The summed E-state index contributed by atoms with van der Waals surface area (Å²) in [5, 5.41) is 6.18. The lowest BCUT2D eigenvalue weighted by Crippen LogP contribution is -2.48. The van der Waals surface area contributed by atoms with Crippen molar-refractivity contribution in [2.75, 3.05) is 11.9 Å². The maximum absolute atomic E-state index is 15.8. The van der Waals surface area contributed by atoms with Crippen LogP contribution in [0.4, 0.5) is 15.0 Å². The van der Waals surface area contributed by atoms with Crippen molar-refractivity contribution in [3.05, 3.63) is 41.0 Å². The van der Waals surface area contributed by atoms with E-state index in [9.17, 15) is 9.59 Å². The molecule has 1 aromatic carbocycles. The minimum atomic E-state index is -2.35. The highest BCUT2D eigenvalue weighted by Gasteiger charge is 2.41. The Bertz CT molecular complexity index is 1570. The molecule has 3 N–H and O–H groups in total. The molecule has 0 radical (unpaired) electrons. The molecule has 2 aromatic heterocycles. The molecule has 246 valence electrons. The van der Waals surface area contributed by atoms with Gasteiger partial charge in [-0.25, -0.2) is 23.9 Å². The molecule has 1 aliphatic carbocycles. The van der Waals surface area contributed by atoms with E-state index in [0.717, 1.165) is 12.8 Å². The van der Waals surface area contributed by atoms with Gasteiger partial charge in [0.15, 0.2) is 8.32 Å². The van der Waals surface area contributed by atoms with Gasteiger partial charge in [0.1, 0.15) is 22.8 Å². The summed E-state index contributed by atoms with van der Waals surface area (Å²) in [4.78, 5) is 39.4. The average Bonchev–Trinajstić information content (AvgIpc) is 3.61. The molecule has 12 heteroatoms. The number of fused-ring (bicyclic) bond motifs is 1. The van der Waals surface area contributed by atoms with E-state index in [0.29, 0.717) is 40.0 Å². The highest BCUT2D eigenvalue weighted by Crippen LogP contribution is 2.40. The SMILES string of the molecule is CCOC(=O)c1cc(-c2c(F)ccc3nc(C)c(NC4CC4)nc23)[nH]c1[C@@H](NC(=O)OC(C)(C)C)[C@@H](C)O[Si](C)(C)C(C)(C)C. The number of carbonyl (C=O) groups is 2. The quantitative estimate of drug-likeness (QED) is 0.151. The van der Waals surface area contributed by atoms with Crippen molar-refractivity contribution in [3.8, 4) is 11.3 Å². The van der Waals surface area contributed by atoms with E-state index in [1.807, 2.05) is 13.8 Å². The summed E-state index contributed by atoms with van der Waals surface area (Å²) in [5.41, 5.74) is 1.71. The van der Waals surface area contributed by atoms with Crippen molar-refractivity contribution in [1.29, 1.82) is 0 Å². The Morgan fingerprint density at radius 3 is 2.38 bits per heavy atom. The fourth-order valence-corrected chi connectivity index (χ4v) is 6.21. The fourth-order valence-electron chi connectivity index (χ4n) is 4.80. The number of hydrogen-bond donors (Lipinski definition) is 3. The molecule has 3 aromatic rings. The van der Waals surface area contributed by atoms with Crippen LogP contribution in [0.25, 0.3) is 22.3 Å². The van der Waals surface area contributed by atoms with Gasteiger partial charge >= 0.3 is 12.1 Å². The normalized spacial score (nSPS) is 15.5. The molecule has 0 aliphatic heterocycles. The first kappa shape index (κ1) is 34.4. The van der Waals surface area contributed by atoms with Gasteiger partial charge in [0.25, 0.3) is 0 Å². The molecule has 1 aliphatic rings. The number of benzene rings is 1. The molecule has 4 rings (SSSR count). The molecule has 0 bridgehead atoms. The number of alkyl carbamates (subject to hydrolysis) is 1. The number of nitrogens with zero attached hydrogens (tertiary/aromatic N) is 2. The number of H-pyrrole nitrogens is 1. The molecule has 0 spiro atoms. The summed E-state index contributed by atoms with van der Waals surface area (Å²) in [7, 11) is -2.35. The number of nitrogens with one attached hydrogen (secondary N) is 3. The van der Waals surface area contributed by atoms with E-state index in [-0.39, 0.29) is 22.8 Å². The minimum absolute atomic E-state index is 0.127. The van der Waals surface area contributed by atoms with E-state index in [1.54, 1.807) is 39.8 Å². The Kier molecular flexibility index (Phi) is 9.70. The van der Waals surface area contributed by atoms with Crippen molar-refractivity contribution >= 4 is 37.2 Å². The van der Waals surface area contributed by atoms with Crippen LogP contribution in [0, 0.1) is 12.7 Å². The van der Waals surface area contributed by atoms with Crippen molar-refractivity contribution in [3.63, 3.8) is 0 Å². The summed E-state index contributed by atoms with van der Waals surface area (Å²) in [6, 6.07) is 3.92. The number of ether oxygens (including phenoxy) is 2. The summed E-state index contributed by atoms with van der Waals surface area (Å²) < 4.78 is 33.5. The summed E-state index contributed by atoms with van der Waals surface area (Å²) in [6.07, 6.45) is 0.795. The molecule has 45 heavy (non-hydrogen) atoms. The van der Waals surface area contributed by atoms with Gasteiger partial charge in [-0.2, -0.15) is 0 Å². The first-order chi connectivity index (χ1) is 20.8. The van der Waals surface area contributed by atoms with Gasteiger partial charge in [-0.05, 0) is 90.7 Å². The zero-order valence-corrected chi connectivity index (χ0v) is 29.4.